The van der Waals surface area contributed by atoms with Crippen molar-refractivity contribution in [1.29, 1.82) is 0 Å². The van der Waals surface area contributed by atoms with Crippen LogP contribution in [0.15, 0.2) is 41.4 Å². The number of hydrogen-bond acceptors (Lipinski definition) is 4. The lowest BCUT2D eigenvalue weighted by atomic mass is 10.3. The Bertz CT molecular complexity index is 485. The van der Waals surface area contributed by atoms with Crippen molar-refractivity contribution in [2.24, 2.45) is 0 Å². The first-order valence-corrected chi connectivity index (χ1v) is 6.57. The van der Waals surface area contributed by atoms with Gasteiger partial charge in [-0.1, -0.05) is 25.1 Å². The smallest absolute Gasteiger partial charge is 0.228 e. The van der Waals surface area contributed by atoms with Crippen LogP contribution in [0, 0.1) is 6.92 Å². The fourth-order valence-electron chi connectivity index (χ4n) is 1.47. The van der Waals surface area contributed by atoms with E-state index in [0.29, 0.717) is 5.95 Å². The quantitative estimate of drug-likeness (QED) is 0.659. The van der Waals surface area contributed by atoms with Crippen molar-refractivity contribution in [3.05, 3.63) is 42.1 Å². The van der Waals surface area contributed by atoms with E-state index in [1.165, 1.54) is 0 Å². The Kier molecular flexibility index (Phi) is 3.98. The van der Waals surface area contributed by atoms with Gasteiger partial charge in [0.2, 0.25) is 5.95 Å². The third-order valence-electron chi connectivity index (χ3n) is 2.15. The average Bonchev–Trinajstić information content (AvgIpc) is 2.30. The van der Waals surface area contributed by atoms with E-state index < -0.39 is 0 Å². The van der Waals surface area contributed by atoms with Crippen molar-refractivity contribution < 1.29 is 0 Å². The van der Waals surface area contributed by atoms with Crippen molar-refractivity contribution in [1.82, 2.24) is 9.97 Å². The summed E-state index contributed by atoms with van der Waals surface area (Å²) >= 11 is 1.72. The molecule has 0 aliphatic carbocycles. The summed E-state index contributed by atoms with van der Waals surface area (Å²) in [6.45, 7) is 4.10. The second kappa shape index (κ2) is 5.68. The van der Waals surface area contributed by atoms with Crippen LogP contribution in [0.1, 0.15) is 12.6 Å². The summed E-state index contributed by atoms with van der Waals surface area (Å²) in [4.78, 5) is 8.84. The summed E-state index contributed by atoms with van der Waals surface area (Å²) < 4.78 is 0. The fourth-order valence-corrected chi connectivity index (χ4v) is 2.17. The first kappa shape index (κ1) is 11.9. The molecule has 1 aromatic heterocycles. The van der Waals surface area contributed by atoms with E-state index in [9.17, 15) is 0 Å². The van der Waals surface area contributed by atoms with Crippen LogP contribution in [0.2, 0.25) is 0 Å². The van der Waals surface area contributed by atoms with Gasteiger partial charge in [-0.05, 0) is 30.9 Å². The number of aryl methyl sites for hydroxylation is 1. The molecular formula is C13H15N3S. The van der Waals surface area contributed by atoms with E-state index in [4.69, 9.17) is 0 Å². The Labute approximate surface area is 106 Å². The molecule has 0 unspecified atom stereocenters. The van der Waals surface area contributed by atoms with Crippen LogP contribution in [0.5, 0.6) is 0 Å². The summed E-state index contributed by atoms with van der Waals surface area (Å²) in [6.07, 6.45) is 0. The summed E-state index contributed by atoms with van der Waals surface area (Å²) in [5, 5.41) is 4.22. The zero-order chi connectivity index (χ0) is 12.1. The van der Waals surface area contributed by atoms with Crippen LogP contribution in [-0.4, -0.2) is 15.7 Å². The minimum atomic E-state index is 0.659. The Morgan fingerprint density at radius 1 is 1.18 bits per heavy atom. The van der Waals surface area contributed by atoms with Crippen molar-refractivity contribution in [2.75, 3.05) is 11.1 Å². The zero-order valence-electron chi connectivity index (χ0n) is 9.97. The predicted molar refractivity (Wildman–Crippen MR) is 72.9 cm³/mol. The lowest BCUT2D eigenvalue weighted by Gasteiger charge is -2.07. The Balaban J connectivity index is 2.21. The highest BCUT2D eigenvalue weighted by molar-refractivity contribution is 7.99. The van der Waals surface area contributed by atoms with E-state index in [1.54, 1.807) is 11.8 Å². The van der Waals surface area contributed by atoms with E-state index >= 15 is 0 Å². The van der Waals surface area contributed by atoms with Gasteiger partial charge < -0.3 is 5.32 Å². The Morgan fingerprint density at radius 3 is 2.65 bits per heavy atom. The maximum atomic E-state index is 4.46. The molecule has 1 N–H and O–H groups in total. The maximum absolute atomic E-state index is 4.46. The number of para-hydroxylation sites is 1. The highest BCUT2D eigenvalue weighted by atomic mass is 32.2. The molecule has 0 saturated carbocycles. The number of aromatic nitrogens is 2. The van der Waals surface area contributed by atoms with E-state index in [2.05, 4.69) is 22.2 Å². The van der Waals surface area contributed by atoms with Gasteiger partial charge in [0.15, 0.2) is 0 Å². The van der Waals surface area contributed by atoms with Gasteiger partial charge in [0.1, 0.15) is 5.03 Å². The monoisotopic (exact) mass is 245 g/mol. The van der Waals surface area contributed by atoms with E-state index in [1.807, 2.05) is 43.3 Å². The largest absolute Gasteiger partial charge is 0.324 e. The van der Waals surface area contributed by atoms with Crippen LogP contribution < -0.4 is 5.32 Å². The first-order chi connectivity index (χ1) is 8.28. The standard InChI is InChI=1S/C13H15N3S/c1-3-17-12-9-10(2)14-13(16-12)15-11-7-5-4-6-8-11/h4-9H,3H2,1-2H3,(H,14,15,16). The molecule has 0 radical (unpaired) electrons. The van der Waals surface area contributed by atoms with Gasteiger partial charge in [-0.15, -0.1) is 11.8 Å². The lowest BCUT2D eigenvalue weighted by Crippen LogP contribution is -1.99. The summed E-state index contributed by atoms with van der Waals surface area (Å²) in [5.74, 6) is 1.67. The molecule has 88 valence electrons. The molecule has 0 amide bonds. The van der Waals surface area contributed by atoms with E-state index in [-0.39, 0.29) is 0 Å². The molecule has 3 nitrogen and oxygen atoms in total. The SMILES string of the molecule is CCSc1cc(C)nc(Nc2ccccc2)n1. The highest BCUT2D eigenvalue weighted by Crippen LogP contribution is 2.19. The summed E-state index contributed by atoms with van der Waals surface area (Å²) in [6, 6.07) is 12.0. The van der Waals surface area contributed by atoms with Gasteiger partial charge in [-0.3, -0.25) is 0 Å². The van der Waals surface area contributed by atoms with Gasteiger partial charge in [0.25, 0.3) is 0 Å². The van der Waals surface area contributed by atoms with Crippen LogP contribution in [0.4, 0.5) is 11.6 Å². The molecule has 0 aliphatic heterocycles. The van der Waals surface area contributed by atoms with Gasteiger partial charge in [0, 0.05) is 11.4 Å². The number of benzene rings is 1. The number of thioether (sulfide) groups is 1. The second-order valence-electron chi connectivity index (χ2n) is 3.60. The predicted octanol–water partition coefficient (Wildman–Crippen LogP) is 3.64. The van der Waals surface area contributed by atoms with Crippen LogP contribution in [-0.2, 0) is 0 Å². The van der Waals surface area contributed by atoms with Gasteiger partial charge in [0.05, 0.1) is 0 Å². The molecule has 0 fully saturated rings. The molecule has 1 aromatic carbocycles. The highest BCUT2D eigenvalue weighted by Gasteiger charge is 2.02. The molecule has 2 aromatic rings. The van der Waals surface area contributed by atoms with Crippen molar-refractivity contribution in [3.8, 4) is 0 Å². The van der Waals surface area contributed by atoms with Crippen LogP contribution >= 0.6 is 11.8 Å². The maximum Gasteiger partial charge on any atom is 0.228 e. The number of nitrogens with one attached hydrogen (secondary N) is 1. The topological polar surface area (TPSA) is 37.8 Å². The molecule has 0 saturated heterocycles. The normalized spacial score (nSPS) is 10.2. The minimum absolute atomic E-state index is 0.659. The van der Waals surface area contributed by atoms with Crippen molar-refractivity contribution in [2.45, 2.75) is 18.9 Å². The molecule has 0 bridgehead atoms. The third kappa shape index (κ3) is 3.46. The summed E-state index contributed by atoms with van der Waals surface area (Å²) in [7, 11) is 0. The average molecular weight is 245 g/mol. The number of anilines is 2. The Morgan fingerprint density at radius 2 is 1.94 bits per heavy atom. The molecule has 17 heavy (non-hydrogen) atoms. The minimum Gasteiger partial charge on any atom is -0.324 e. The molecule has 1 heterocycles. The molecule has 0 aliphatic rings. The molecule has 4 heteroatoms. The lowest BCUT2D eigenvalue weighted by molar-refractivity contribution is 1.02. The zero-order valence-corrected chi connectivity index (χ0v) is 10.8. The van der Waals surface area contributed by atoms with Crippen LogP contribution in [0.3, 0.4) is 0 Å². The number of rotatable bonds is 4. The van der Waals surface area contributed by atoms with Crippen molar-refractivity contribution >= 4 is 23.4 Å². The van der Waals surface area contributed by atoms with Gasteiger partial charge in [-0.2, -0.15) is 0 Å². The van der Waals surface area contributed by atoms with Gasteiger partial charge >= 0.3 is 0 Å². The fraction of sp³-hybridized carbons (Fsp3) is 0.231. The molecule has 0 spiro atoms. The molecule has 2 rings (SSSR count). The summed E-state index contributed by atoms with van der Waals surface area (Å²) in [5.41, 5.74) is 1.99. The number of hydrogen-bond donors (Lipinski definition) is 1. The Hall–Kier alpha value is -1.55. The molecular weight excluding hydrogens is 230 g/mol. The van der Waals surface area contributed by atoms with Crippen LogP contribution in [0.25, 0.3) is 0 Å². The second-order valence-corrected chi connectivity index (χ2v) is 4.88. The van der Waals surface area contributed by atoms with Gasteiger partial charge in [-0.25, -0.2) is 9.97 Å². The molecule has 0 atom stereocenters. The van der Waals surface area contributed by atoms with Crippen molar-refractivity contribution in [3.63, 3.8) is 0 Å². The third-order valence-corrected chi connectivity index (χ3v) is 2.95. The van der Waals surface area contributed by atoms with E-state index in [0.717, 1.165) is 22.2 Å². The number of nitrogens with zero attached hydrogens (tertiary/aromatic N) is 2. The first-order valence-electron chi connectivity index (χ1n) is 5.58.